The van der Waals surface area contributed by atoms with Crippen LogP contribution in [0.25, 0.3) is 0 Å². The van der Waals surface area contributed by atoms with Crippen molar-refractivity contribution in [3.05, 3.63) is 65.7 Å². The number of rotatable bonds is 5. The number of para-hydroxylation sites is 1. The maximum absolute atomic E-state index is 12.6. The summed E-state index contributed by atoms with van der Waals surface area (Å²) < 4.78 is 5.99. The molecule has 2 aliphatic heterocycles. The van der Waals surface area contributed by atoms with Crippen LogP contribution in [0.1, 0.15) is 42.1 Å². The Morgan fingerprint density at radius 3 is 2.73 bits per heavy atom. The van der Waals surface area contributed by atoms with Crippen molar-refractivity contribution in [2.75, 3.05) is 13.1 Å². The maximum atomic E-state index is 12.6. The number of fused-ring (bicyclic) bond motifs is 2. The summed E-state index contributed by atoms with van der Waals surface area (Å²) in [5.74, 6) is -0.203. The number of ether oxygens (including phenoxy) is 1. The van der Waals surface area contributed by atoms with E-state index in [9.17, 15) is 4.79 Å². The van der Waals surface area contributed by atoms with Gasteiger partial charge in [-0.1, -0.05) is 49.7 Å². The van der Waals surface area contributed by atoms with E-state index in [-0.39, 0.29) is 18.2 Å². The fourth-order valence-corrected chi connectivity index (χ4v) is 4.35. The molecule has 4 rings (SSSR count). The smallest absolute Gasteiger partial charge is 0.338 e. The molecule has 0 radical (unpaired) electrons. The first-order valence-electron chi connectivity index (χ1n) is 9.72. The zero-order valence-corrected chi connectivity index (χ0v) is 15.4. The number of nitrogens with one attached hydrogen (secondary N) is 1. The monoisotopic (exact) mass is 351 g/mol. The van der Waals surface area contributed by atoms with Gasteiger partial charge in [0.2, 0.25) is 0 Å². The van der Waals surface area contributed by atoms with Crippen LogP contribution in [0.2, 0.25) is 0 Å². The molecular weight excluding hydrogens is 324 g/mol. The normalized spacial score (nSPS) is 24.7. The Bertz CT molecular complexity index is 762. The Hall–Kier alpha value is -2.17. The van der Waals surface area contributed by atoms with Gasteiger partial charge in [-0.05, 0) is 24.6 Å². The molecule has 2 heterocycles. The molecule has 136 valence electrons. The molecule has 1 saturated heterocycles. The van der Waals surface area contributed by atoms with Gasteiger partial charge in [-0.15, -0.1) is 0 Å². The van der Waals surface area contributed by atoms with Crippen molar-refractivity contribution in [1.82, 2.24) is 4.90 Å². The molecule has 0 saturated carbocycles. The van der Waals surface area contributed by atoms with E-state index in [0.717, 1.165) is 26.1 Å². The van der Waals surface area contributed by atoms with Gasteiger partial charge in [0.1, 0.15) is 5.69 Å². The topological polar surface area (TPSA) is 34.0 Å². The van der Waals surface area contributed by atoms with Crippen LogP contribution in [0.4, 0.5) is 5.69 Å². The summed E-state index contributed by atoms with van der Waals surface area (Å²) in [5, 5.41) is 0. The molecule has 0 bridgehead atoms. The Balaban J connectivity index is 1.58. The van der Waals surface area contributed by atoms with Crippen molar-refractivity contribution in [2.24, 2.45) is 0 Å². The second-order valence-electron chi connectivity index (χ2n) is 7.30. The predicted octanol–water partition coefficient (Wildman–Crippen LogP) is 2.77. The molecule has 2 unspecified atom stereocenters. The number of carbonyl (C=O) groups is 1. The minimum absolute atomic E-state index is 0.0529. The Labute approximate surface area is 155 Å². The molecule has 26 heavy (non-hydrogen) atoms. The van der Waals surface area contributed by atoms with Crippen LogP contribution in [0.3, 0.4) is 0 Å². The van der Waals surface area contributed by atoms with Crippen LogP contribution in [-0.2, 0) is 11.3 Å². The summed E-state index contributed by atoms with van der Waals surface area (Å²) in [4.78, 5) is 16.5. The molecule has 2 aromatic rings. The van der Waals surface area contributed by atoms with E-state index in [4.69, 9.17) is 4.74 Å². The van der Waals surface area contributed by atoms with Crippen LogP contribution in [-0.4, -0.2) is 36.2 Å². The second kappa shape index (κ2) is 7.60. The number of nitrogens with zero attached hydrogens (tertiary/aromatic N) is 1. The highest BCUT2D eigenvalue weighted by Gasteiger charge is 2.47. The molecule has 0 spiro atoms. The summed E-state index contributed by atoms with van der Waals surface area (Å²) in [7, 11) is 0. The van der Waals surface area contributed by atoms with E-state index >= 15 is 0 Å². The van der Waals surface area contributed by atoms with Crippen molar-refractivity contribution in [3.63, 3.8) is 0 Å². The lowest BCUT2D eigenvalue weighted by Gasteiger charge is -2.39. The van der Waals surface area contributed by atoms with Crippen molar-refractivity contribution in [3.8, 4) is 0 Å². The SMILES string of the molecule is CCCC[NH+]1c2ccccc2CN2CC[C@@H](OC(=O)c3ccccc3)C21. The van der Waals surface area contributed by atoms with Gasteiger partial charge in [0.25, 0.3) is 0 Å². The molecule has 0 amide bonds. The lowest BCUT2D eigenvalue weighted by molar-refractivity contribution is -0.880. The first-order chi connectivity index (χ1) is 12.8. The average molecular weight is 351 g/mol. The number of carbonyl (C=O) groups excluding carboxylic acids is 1. The number of hydrogen-bond donors (Lipinski definition) is 1. The lowest BCUT2D eigenvalue weighted by atomic mass is 10.1. The average Bonchev–Trinajstić information content (AvgIpc) is 3.08. The van der Waals surface area contributed by atoms with Gasteiger partial charge in [-0.3, -0.25) is 4.90 Å². The van der Waals surface area contributed by atoms with E-state index in [1.807, 2.05) is 30.3 Å². The quantitative estimate of drug-likeness (QED) is 0.841. The zero-order chi connectivity index (χ0) is 17.9. The van der Waals surface area contributed by atoms with Crippen molar-refractivity contribution < 1.29 is 14.4 Å². The zero-order valence-electron chi connectivity index (χ0n) is 15.4. The second-order valence-corrected chi connectivity index (χ2v) is 7.30. The minimum Gasteiger partial charge on any atom is -0.451 e. The van der Waals surface area contributed by atoms with Gasteiger partial charge in [0, 0.05) is 25.1 Å². The van der Waals surface area contributed by atoms with Crippen LogP contribution >= 0.6 is 0 Å². The van der Waals surface area contributed by atoms with Gasteiger partial charge < -0.3 is 4.74 Å². The molecule has 2 aliphatic rings. The maximum Gasteiger partial charge on any atom is 0.338 e. The first kappa shape index (κ1) is 17.3. The summed E-state index contributed by atoms with van der Waals surface area (Å²) in [6.45, 7) is 5.25. The fraction of sp³-hybridized carbons (Fsp3) is 0.409. The third-order valence-electron chi connectivity index (χ3n) is 5.61. The van der Waals surface area contributed by atoms with Crippen molar-refractivity contribution in [1.29, 1.82) is 0 Å². The fourth-order valence-electron chi connectivity index (χ4n) is 4.35. The summed E-state index contributed by atoms with van der Waals surface area (Å²) in [6, 6.07) is 18.1. The molecule has 1 fully saturated rings. The Morgan fingerprint density at radius 1 is 1.15 bits per heavy atom. The predicted molar refractivity (Wildman–Crippen MR) is 101 cm³/mol. The van der Waals surface area contributed by atoms with Crippen LogP contribution in [0, 0.1) is 0 Å². The molecule has 0 aromatic heterocycles. The van der Waals surface area contributed by atoms with E-state index in [0.29, 0.717) is 5.56 Å². The largest absolute Gasteiger partial charge is 0.451 e. The molecule has 3 atom stereocenters. The highest BCUT2D eigenvalue weighted by atomic mass is 16.5. The lowest BCUT2D eigenvalue weighted by Crippen LogP contribution is -3.15. The third kappa shape index (κ3) is 3.27. The van der Waals surface area contributed by atoms with E-state index in [1.54, 1.807) is 0 Å². The van der Waals surface area contributed by atoms with Crippen molar-refractivity contribution >= 4 is 11.7 Å². The van der Waals surface area contributed by atoms with Crippen LogP contribution in [0.15, 0.2) is 54.6 Å². The van der Waals surface area contributed by atoms with Gasteiger partial charge in [-0.25, -0.2) is 9.69 Å². The number of hydrogen-bond acceptors (Lipinski definition) is 3. The highest BCUT2D eigenvalue weighted by Crippen LogP contribution is 2.28. The Kier molecular flexibility index (Phi) is 5.05. The molecular formula is C22H27N2O2+. The standard InChI is InChI=1S/C22H26N2O2/c1-2-3-14-24-19-12-8-7-11-18(19)16-23-15-13-20(21(23)24)26-22(25)17-9-5-4-6-10-17/h4-12,20-21H,2-3,13-16H2,1H3/p+1/t20-,21?/m1/s1. The molecule has 1 N–H and O–H groups in total. The first-order valence-corrected chi connectivity index (χ1v) is 9.72. The number of esters is 1. The van der Waals surface area contributed by atoms with E-state index in [1.165, 1.54) is 29.0 Å². The minimum atomic E-state index is -0.203. The number of benzene rings is 2. The molecule has 2 aromatic carbocycles. The highest BCUT2D eigenvalue weighted by molar-refractivity contribution is 5.89. The molecule has 4 heteroatoms. The number of quaternary nitrogens is 1. The summed E-state index contributed by atoms with van der Waals surface area (Å²) in [5.41, 5.74) is 3.42. The van der Waals surface area contributed by atoms with Gasteiger partial charge in [-0.2, -0.15) is 0 Å². The Morgan fingerprint density at radius 2 is 1.92 bits per heavy atom. The van der Waals surface area contributed by atoms with Gasteiger partial charge in [0.05, 0.1) is 12.1 Å². The third-order valence-corrected chi connectivity index (χ3v) is 5.61. The summed E-state index contributed by atoms with van der Waals surface area (Å²) in [6.07, 6.45) is 3.43. The van der Waals surface area contributed by atoms with Crippen LogP contribution in [0.5, 0.6) is 0 Å². The molecule has 4 nitrogen and oxygen atoms in total. The van der Waals surface area contributed by atoms with Crippen LogP contribution < -0.4 is 4.90 Å². The number of unbranched alkanes of at least 4 members (excludes halogenated alkanes) is 1. The van der Waals surface area contributed by atoms with Gasteiger partial charge in [0.15, 0.2) is 12.3 Å². The van der Waals surface area contributed by atoms with Crippen molar-refractivity contribution in [2.45, 2.75) is 45.0 Å². The van der Waals surface area contributed by atoms with E-state index < -0.39 is 0 Å². The van der Waals surface area contributed by atoms with E-state index in [2.05, 4.69) is 36.1 Å². The summed E-state index contributed by atoms with van der Waals surface area (Å²) >= 11 is 0. The molecule has 0 aliphatic carbocycles. The van der Waals surface area contributed by atoms with Gasteiger partial charge >= 0.3 is 5.97 Å².